The Bertz CT molecular complexity index is 199. The zero-order chi connectivity index (χ0) is 9.84. The topological polar surface area (TPSA) is 46.3 Å². The second kappa shape index (κ2) is 4.42. The van der Waals surface area contributed by atoms with E-state index < -0.39 is 0 Å². The van der Waals surface area contributed by atoms with E-state index in [1.165, 1.54) is 0 Å². The minimum atomic E-state index is -0.333. The zero-order valence-corrected chi connectivity index (χ0v) is 8.20. The van der Waals surface area contributed by atoms with E-state index in [9.17, 15) is 4.79 Å². The van der Waals surface area contributed by atoms with Crippen LogP contribution in [0.1, 0.15) is 26.2 Å². The first-order valence-corrected chi connectivity index (χ1v) is 4.87. The molecule has 74 valence electrons. The largest absolute Gasteiger partial charge is 0.335 e. The van der Waals surface area contributed by atoms with Gasteiger partial charge in [0.15, 0.2) is 0 Å². The SMILES string of the molecule is C=CCN(C(=O)[C@H](N)CC)C1CC1. The molecule has 0 aromatic carbocycles. The van der Waals surface area contributed by atoms with E-state index in [1.807, 2.05) is 11.8 Å². The minimum Gasteiger partial charge on any atom is -0.335 e. The Morgan fingerprint density at radius 1 is 1.77 bits per heavy atom. The Morgan fingerprint density at radius 3 is 2.77 bits per heavy atom. The van der Waals surface area contributed by atoms with Gasteiger partial charge >= 0.3 is 0 Å². The number of amides is 1. The summed E-state index contributed by atoms with van der Waals surface area (Å²) in [4.78, 5) is 13.5. The molecule has 1 aliphatic carbocycles. The monoisotopic (exact) mass is 182 g/mol. The van der Waals surface area contributed by atoms with Gasteiger partial charge in [-0.15, -0.1) is 6.58 Å². The second-order valence-corrected chi connectivity index (χ2v) is 3.53. The van der Waals surface area contributed by atoms with Gasteiger partial charge in [-0.3, -0.25) is 4.79 Å². The lowest BCUT2D eigenvalue weighted by Gasteiger charge is -2.23. The fourth-order valence-electron chi connectivity index (χ4n) is 1.33. The first-order chi connectivity index (χ1) is 6.20. The summed E-state index contributed by atoms with van der Waals surface area (Å²) in [5.41, 5.74) is 5.69. The molecule has 0 bridgehead atoms. The van der Waals surface area contributed by atoms with Crippen molar-refractivity contribution in [2.75, 3.05) is 6.54 Å². The molecule has 0 heterocycles. The number of nitrogens with zero attached hydrogens (tertiary/aromatic N) is 1. The van der Waals surface area contributed by atoms with Crippen LogP contribution in [0.4, 0.5) is 0 Å². The molecule has 13 heavy (non-hydrogen) atoms. The molecule has 0 aromatic heterocycles. The lowest BCUT2D eigenvalue weighted by atomic mass is 10.2. The van der Waals surface area contributed by atoms with Crippen molar-refractivity contribution in [1.82, 2.24) is 4.90 Å². The maximum atomic E-state index is 11.7. The quantitative estimate of drug-likeness (QED) is 0.642. The van der Waals surface area contributed by atoms with Gasteiger partial charge in [-0.05, 0) is 19.3 Å². The van der Waals surface area contributed by atoms with Crippen LogP contribution < -0.4 is 5.73 Å². The van der Waals surface area contributed by atoms with E-state index in [1.54, 1.807) is 6.08 Å². The molecule has 1 fully saturated rings. The average molecular weight is 182 g/mol. The fraction of sp³-hybridized carbons (Fsp3) is 0.700. The smallest absolute Gasteiger partial charge is 0.240 e. The molecular weight excluding hydrogens is 164 g/mol. The van der Waals surface area contributed by atoms with Gasteiger partial charge in [0.25, 0.3) is 0 Å². The molecule has 1 amide bonds. The fourth-order valence-corrected chi connectivity index (χ4v) is 1.33. The van der Waals surface area contributed by atoms with Gasteiger partial charge in [0.05, 0.1) is 6.04 Å². The van der Waals surface area contributed by atoms with E-state index in [0.29, 0.717) is 19.0 Å². The van der Waals surface area contributed by atoms with Gasteiger partial charge in [0.1, 0.15) is 0 Å². The van der Waals surface area contributed by atoms with Gasteiger partial charge in [-0.25, -0.2) is 0 Å². The van der Waals surface area contributed by atoms with E-state index in [2.05, 4.69) is 6.58 Å². The Balaban J connectivity index is 2.52. The third-order valence-corrected chi connectivity index (χ3v) is 2.35. The highest BCUT2D eigenvalue weighted by atomic mass is 16.2. The predicted molar refractivity (Wildman–Crippen MR) is 53.2 cm³/mol. The van der Waals surface area contributed by atoms with Crippen molar-refractivity contribution in [2.24, 2.45) is 5.73 Å². The van der Waals surface area contributed by atoms with Crippen LogP contribution in [0.5, 0.6) is 0 Å². The molecule has 1 rings (SSSR count). The molecule has 1 saturated carbocycles. The highest BCUT2D eigenvalue weighted by Gasteiger charge is 2.33. The molecule has 0 radical (unpaired) electrons. The van der Waals surface area contributed by atoms with Crippen LogP contribution in [0, 0.1) is 0 Å². The normalized spacial score (nSPS) is 18.0. The van der Waals surface area contributed by atoms with E-state index in [-0.39, 0.29) is 11.9 Å². The summed E-state index contributed by atoms with van der Waals surface area (Å²) in [6.07, 6.45) is 4.71. The summed E-state index contributed by atoms with van der Waals surface area (Å²) < 4.78 is 0. The first-order valence-electron chi connectivity index (χ1n) is 4.87. The summed E-state index contributed by atoms with van der Waals surface area (Å²) in [6.45, 7) is 6.21. The van der Waals surface area contributed by atoms with Crippen LogP contribution in [-0.4, -0.2) is 29.4 Å². The van der Waals surface area contributed by atoms with E-state index in [4.69, 9.17) is 5.73 Å². The van der Waals surface area contributed by atoms with Crippen molar-refractivity contribution >= 4 is 5.91 Å². The average Bonchev–Trinajstić information content (AvgIpc) is 2.95. The van der Waals surface area contributed by atoms with Crippen molar-refractivity contribution in [2.45, 2.75) is 38.3 Å². The van der Waals surface area contributed by atoms with Gasteiger partial charge in [-0.2, -0.15) is 0 Å². The molecular formula is C10H18N2O. The lowest BCUT2D eigenvalue weighted by Crippen LogP contribution is -2.44. The summed E-state index contributed by atoms with van der Waals surface area (Å²) >= 11 is 0. The van der Waals surface area contributed by atoms with E-state index in [0.717, 1.165) is 12.8 Å². The molecule has 2 N–H and O–H groups in total. The lowest BCUT2D eigenvalue weighted by molar-refractivity contribution is -0.132. The molecule has 0 aliphatic heterocycles. The maximum absolute atomic E-state index is 11.7. The first kappa shape index (κ1) is 10.3. The second-order valence-electron chi connectivity index (χ2n) is 3.53. The van der Waals surface area contributed by atoms with Gasteiger partial charge < -0.3 is 10.6 Å². The van der Waals surface area contributed by atoms with Crippen LogP contribution in [0.3, 0.4) is 0 Å². The summed E-state index contributed by atoms with van der Waals surface area (Å²) in [7, 11) is 0. The molecule has 0 unspecified atom stereocenters. The Hall–Kier alpha value is -0.830. The van der Waals surface area contributed by atoms with Crippen LogP contribution in [0.25, 0.3) is 0 Å². The van der Waals surface area contributed by atoms with Crippen LogP contribution in [0.15, 0.2) is 12.7 Å². The molecule has 1 aliphatic rings. The number of hydrogen-bond donors (Lipinski definition) is 1. The molecule has 0 spiro atoms. The third kappa shape index (κ3) is 2.56. The molecule has 3 heteroatoms. The standard InChI is InChI=1S/C10H18N2O/c1-3-7-12(8-5-6-8)10(13)9(11)4-2/h3,8-9H,1,4-7,11H2,2H3/t9-/m1/s1. The van der Waals surface area contributed by atoms with Gasteiger partial charge in [-0.1, -0.05) is 13.0 Å². The van der Waals surface area contributed by atoms with Crippen molar-refractivity contribution < 1.29 is 4.79 Å². The van der Waals surface area contributed by atoms with Crippen molar-refractivity contribution in [3.05, 3.63) is 12.7 Å². The van der Waals surface area contributed by atoms with Crippen LogP contribution in [0.2, 0.25) is 0 Å². The van der Waals surface area contributed by atoms with Gasteiger partial charge in [0, 0.05) is 12.6 Å². The Kier molecular flexibility index (Phi) is 3.48. The molecule has 3 nitrogen and oxygen atoms in total. The highest BCUT2D eigenvalue weighted by molar-refractivity contribution is 5.82. The molecule has 0 saturated heterocycles. The zero-order valence-electron chi connectivity index (χ0n) is 8.20. The Morgan fingerprint density at radius 2 is 2.38 bits per heavy atom. The van der Waals surface area contributed by atoms with Crippen LogP contribution >= 0.6 is 0 Å². The maximum Gasteiger partial charge on any atom is 0.240 e. The van der Waals surface area contributed by atoms with E-state index >= 15 is 0 Å². The summed E-state index contributed by atoms with van der Waals surface area (Å²) in [5.74, 6) is 0.0740. The number of hydrogen-bond acceptors (Lipinski definition) is 2. The number of nitrogens with two attached hydrogens (primary N) is 1. The van der Waals surface area contributed by atoms with Crippen molar-refractivity contribution in [3.8, 4) is 0 Å². The minimum absolute atomic E-state index is 0.0740. The summed E-state index contributed by atoms with van der Waals surface area (Å²) in [5, 5.41) is 0. The number of rotatable bonds is 5. The molecule has 1 atom stereocenters. The highest BCUT2D eigenvalue weighted by Crippen LogP contribution is 2.27. The van der Waals surface area contributed by atoms with Crippen molar-refractivity contribution in [1.29, 1.82) is 0 Å². The number of carbonyl (C=O) groups excluding carboxylic acids is 1. The van der Waals surface area contributed by atoms with Crippen molar-refractivity contribution in [3.63, 3.8) is 0 Å². The third-order valence-electron chi connectivity index (χ3n) is 2.35. The van der Waals surface area contributed by atoms with Gasteiger partial charge in [0.2, 0.25) is 5.91 Å². The predicted octanol–water partition coefficient (Wildman–Crippen LogP) is 0.901. The molecule has 0 aromatic rings. The Labute approximate surface area is 79.6 Å². The summed E-state index contributed by atoms with van der Waals surface area (Å²) in [6, 6.07) is 0.101. The van der Waals surface area contributed by atoms with Crippen LogP contribution in [-0.2, 0) is 4.79 Å². The number of carbonyl (C=O) groups is 1.